The van der Waals surface area contributed by atoms with E-state index in [0.717, 1.165) is 25.2 Å². The first-order valence-electron chi connectivity index (χ1n) is 11.8. The number of carbonyl (C=O) groups is 3. The van der Waals surface area contributed by atoms with Crippen LogP contribution in [0.2, 0.25) is 0 Å². The number of fused-ring (bicyclic) bond motifs is 5. The molecule has 1 N–H and O–H groups in total. The first-order chi connectivity index (χ1) is 14.2. The van der Waals surface area contributed by atoms with E-state index >= 15 is 0 Å². The minimum absolute atomic E-state index is 0.194. The maximum absolute atomic E-state index is 12.3. The van der Waals surface area contributed by atoms with Crippen molar-refractivity contribution in [3.8, 4) is 0 Å². The summed E-state index contributed by atoms with van der Waals surface area (Å²) in [6.07, 6.45) is 8.74. The van der Waals surface area contributed by atoms with Gasteiger partial charge in [-0.3, -0.25) is 14.4 Å². The molecule has 0 aromatic rings. The predicted molar refractivity (Wildman–Crippen MR) is 113 cm³/mol. The van der Waals surface area contributed by atoms with Crippen LogP contribution in [0.25, 0.3) is 0 Å². The maximum atomic E-state index is 12.3. The lowest BCUT2D eigenvalue weighted by molar-refractivity contribution is -0.158. The normalized spacial score (nSPS) is 42.7. The largest absolute Gasteiger partial charge is 0.469 e. The van der Waals surface area contributed by atoms with E-state index in [-0.39, 0.29) is 23.2 Å². The average molecular weight is 419 g/mol. The molecule has 2 unspecified atom stereocenters. The Morgan fingerprint density at radius 3 is 2.53 bits per heavy atom. The highest BCUT2D eigenvalue weighted by Crippen LogP contribution is 2.66. The number of nitrogens with one attached hydrogen (secondary N) is 1. The van der Waals surface area contributed by atoms with Gasteiger partial charge in [0.2, 0.25) is 11.8 Å². The summed E-state index contributed by atoms with van der Waals surface area (Å²) in [5, 5.41) is 3.00. The lowest BCUT2D eigenvalue weighted by atomic mass is 9.47. The summed E-state index contributed by atoms with van der Waals surface area (Å²) in [6.45, 7) is 5.57. The van der Waals surface area contributed by atoms with E-state index < -0.39 is 5.97 Å². The van der Waals surface area contributed by atoms with Gasteiger partial charge in [-0.25, -0.2) is 0 Å². The van der Waals surface area contributed by atoms with Gasteiger partial charge in [0.1, 0.15) is 6.42 Å². The van der Waals surface area contributed by atoms with Gasteiger partial charge in [0.15, 0.2) is 0 Å². The molecule has 0 bridgehead atoms. The highest BCUT2D eigenvalue weighted by atomic mass is 16.5. The molecule has 3 aliphatic carbocycles. The number of hydrogen-bond acceptors (Lipinski definition) is 4. The smallest absolute Gasteiger partial charge is 0.315 e. The minimum Gasteiger partial charge on any atom is -0.469 e. The van der Waals surface area contributed by atoms with Crippen molar-refractivity contribution in [3.05, 3.63) is 0 Å². The molecule has 4 aliphatic rings. The Morgan fingerprint density at radius 1 is 1.07 bits per heavy atom. The lowest BCUT2D eigenvalue weighted by Crippen LogP contribution is -2.61. The molecular weight excluding hydrogens is 380 g/mol. The van der Waals surface area contributed by atoms with Crippen LogP contribution in [0.5, 0.6) is 0 Å². The van der Waals surface area contributed by atoms with Crippen molar-refractivity contribution >= 4 is 17.8 Å². The summed E-state index contributed by atoms with van der Waals surface area (Å²) < 4.78 is 4.60. The number of carbonyl (C=O) groups excluding carboxylic acids is 3. The SMILES string of the molecule is COC(=O)CC(=O)NCC1CC[C@H]2[C@@H]3CCC4N(C)C(=O)CC[C@]4(C)[C@@H]3CC[C@]12C. The van der Waals surface area contributed by atoms with Crippen molar-refractivity contribution in [2.75, 3.05) is 20.7 Å². The van der Waals surface area contributed by atoms with E-state index in [1.54, 1.807) is 0 Å². The van der Waals surface area contributed by atoms with Gasteiger partial charge in [-0.05, 0) is 79.4 Å². The van der Waals surface area contributed by atoms with Crippen LogP contribution in [0.15, 0.2) is 0 Å². The van der Waals surface area contributed by atoms with Crippen LogP contribution in [0.3, 0.4) is 0 Å². The zero-order valence-corrected chi connectivity index (χ0v) is 19.0. The van der Waals surface area contributed by atoms with Gasteiger partial charge < -0.3 is 15.0 Å². The fourth-order valence-electron chi connectivity index (χ4n) is 8.10. The summed E-state index contributed by atoms with van der Waals surface area (Å²) in [4.78, 5) is 37.8. The molecule has 2 amide bonds. The van der Waals surface area contributed by atoms with Crippen molar-refractivity contribution in [1.82, 2.24) is 10.2 Å². The molecule has 1 aliphatic heterocycles. The van der Waals surface area contributed by atoms with E-state index in [1.807, 2.05) is 7.05 Å². The van der Waals surface area contributed by atoms with Gasteiger partial charge in [0.25, 0.3) is 0 Å². The number of rotatable bonds is 4. The Bertz CT molecular complexity index is 724. The molecule has 4 fully saturated rings. The van der Waals surface area contributed by atoms with E-state index in [2.05, 4.69) is 28.8 Å². The molecule has 0 spiro atoms. The van der Waals surface area contributed by atoms with Crippen molar-refractivity contribution in [1.29, 1.82) is 0 Å². The minimum atomic E-state index is -0.482. The molecule has 3 saturated carbocycles. The fourth-order valence-corrected chi connectivity index (χ4v) is 8.10. The third kappa shape index (κ3) is 3.34. The average Bonchev–Trinajstić information content (AvgIpc) is 3.05. The van der Waals surface area contributed by atoms with Crippen LogP contribution in [0, 0.1) is 34.5 Å². The summed E-state index contributed by atoms with van der Waals surface area (Å²) in [5.41, 5.74) is 0.513. The van der Waals surface area contributed by atoms with Gasteiger partial charge in [0, 0.05) is 26.1 Å². The first-order valence-corrected chi connectivity index (χ1v) is 11.8. The van der Waals surface area contributed by atoms with Gasteiger partial charge in [0.05, 0.1) is 7.11 Å². The Labute approximate surface area is 180 Å². The standard InChI is InChI=1S/C24H38N2O4/c1-23-11-9-18-16(6-8-19-24(18,2)12-10-21(28)26(19)3)17(23)7-5-15(23)14-25-20(27)13-22(29)30-4/h15-19H,5-14H2,1-4H3,(H,25,27)/t15?,16-,17-,18+,19?,23+,24+/m0/s1. The van der Waals surface area contributed by atoms with Crippen LogP contribution in [0.4, 0.5) is 0 Å². The number of piperidine rings is 1. The summed E-state index contributed by atoms with van der Waals surface area (Å²) >= 11 is 0. The molecule has 0 radical (unpaired) electrons. The van der Waals surface area contributed by atoms with Gasteiger partial charge in [-0.15, -0.1) is 0 Å². The number of likely N-dealkylation sites (tertiary alicyclic amines) is 1. The zero-order chi connectivity index (χ0) is 21.7. The third-order valence-electron chi connectivity index (χ3n) is 9.83. The van der Waals surface area contributed by atoms with E-state index in [9.17, 15) is 14.4 Å². The molecule has 0 aromatic carbocycles. The van der Waals surface area contributed by atoms with Crippen LogP contribution in [-0.4, -0.2) is 49.4 Å². The van der Waals surface area contributed by atoms with Crippen LogP contribution in [-0.2, 0) is 19.1 Å². The molecule has 168 valence electrons. The number of amides is 2. The maximum Gasteiger partial charge on any atom is 0.315 e. The Hall–Kier alpha value is -1.59. The molecule has 0 aromatic heterocycles. The van der Waals surface area contributed by atoms with E-state index in [1.165, 1.54) is 32.8 Å². The Morgan fingerprint density at radius 2 is 1.80 bits per heavy atom. The molecule has 30 heavy (non-hydrogen) atoms. The van der Waals surface area contributed by atoms with Crippen LogP contribution in [0.1, 0.15) is 71.6 Å². The number of nitrogens with zero attached hydrogens (tertiary/aromatic N) is 1. The van der Waals surface area contributed by atoms with Crippen molar-refractivity contribution < 1.29 is 19.1 Å². The lowest BCUT2D eigenvalue weighted by Gasteiger charge is -2.61. The van der Waals surface area contributed by atoms with Crippen molar-refractivity contribution in [3.63, 3.8) is 0 Å². The molecule has 1 saturated heterocycles. The summed E-state index contributed by atoms with van der Waals surface area (Å²) in [5.74, 6) is 2.24. The van der Waals surface area contributed by atoms with Crippen LogP contribution < -0.4 is 5.32 Å². The second kappa shape index (κ2) is 7.83. The predicted octanol–water partition coefficient (Wildman–Crippen LogP) is 3.15. The molecule has 1 heterocycles. The second-order valence-electron chi connectivity index (χ2n) is 10.9. The molecule has 4 rings (SSSR count). The molecule has 6 nitrogen and oxygen atoms in total. The first kappa shape index (κ1) is 21.6. The van der Waals surface area contributed by atoms with Gasteiger partial charge >= 0.3 is 5.97 Å². The monoisotopic (exact) mass is 418 g/mol. The Kier molecular flexibility index (Phi) is 5.65. The highest BCUT2D eigenvalue weighted by molar-refractivity contribution is 5.94. The number of methoxy groups -OCH3 is 1. The van der Waals surface area contributed by atoms with Gasteiger partial charge in [-0.2, -0.15) is 0 Å². The number of ether oxygens (including phenoxy) is 1. The molecule has 7 atom stereocenters. The Balaban J connectivity index is 1.44. The number of esters is 1. The van der Waals surface area contributed by atoms with Gasteiger partial charge in [-0.1, -0.05) is 13.8 Å². The van der Waals surface area contributed by atoms with Crippen molar-refractivity contribution in [2.45, 2.75) is 77.7 Å². The van der Waals surface area contributed by atoms with E-state index in [0.29, 0.717) is 42.7 Å². The van der Waals surface area contributed by atoms with Crippen LogP contribution >= 0.6 is 0 Å². The highest BCUT2D eigenvalue weighted by Gasteiger charge is 2.60. The summed E-state index contributed by atoms with van der Waals surface area (Å²) in [7, 11) is 3.33. The zero-order valence-electron chi connectivity index (χ0n) is 19.0. The quantitative estimate of drug-likeness (QED) is 0.562. The molecular formula is C24H38N2O4. The molecule has 6 heteroatoms. The number of hydrogen-bond donors (Lipinski definition) is 1. The summed E-state index contributed by atoms with van der Waals surface area (Å²) in [6, 6.07) is 0.402. The van der Waals surface area contributed by atoms with Crippen molar-refractivity contribution in [2.24, 2.45) is 34.5 Å². The third-order valence-corrected chi connectivity index (χ3v) is 9.83. The topological polar surface area (TPSA) is 75.7 Å². The van der Waals surface area contributed by atoms with E-state index in [4.69, 9.17) is 0 Å². The second-order valence-corrected chi connectivity index (χ2v) is 10.9. The fraction of sp³-hybridized carbons (Fsp3) is 0.875.